The molecule has 3 heteroatoms. The van der Waals surface area contributed by atoms with Gasteiger partial charge in [-0.2, -0.15) is 0 Å². The Morgan fingerprint density at radius 3 is 1.79 bits per heavy atom. The normalized spacial score (nSPS) is 23.8. The van der Waals surface area contributed by atoms with E-state index in [2.05, 4.69) is 5.32 Å². The van der Waals surface area contributed by atoms with Crippen molar-refractivity contribution in [3.8, 4) is 0 Å². The summed E-state index contributed by atoms with van der Waals surface area (Å²) in [5.74, 6) is 0. The molecule has 0 heterocycles. The Morgan fingerprint density at radius 1 is 0.929 bits per heavy atom. The first-order valence-corrected chi connectivity index (χ1v) is 5.71. The summed E-state index contributed by atoms with van der Waals surface area (Å²) in [6, 6.07) is 0. The summed E-state index contributed by atoms with van der Waals surface area (Å²) >= 11 is 0. The summed E-state index contributed by atoms with van der Waals surface area (Å²) in [5, 5.41) is 12.6. The zero-order chi connectivity index (χ0) is 10.3. The third kappa shape index (κ3) is 4.09. The van der Waals surface area contributed by atoms with Crippen molar-refractivity contribution >= 4 is 6.41 Å². The predicted octanol–water partition coefficient (Wildman–Crippen LogP) is 1.95. The van der Waals surface area contributed by atoms with E-state index in [1.165, 1.54) is 32.1 Å². The molecule has 0 aromatic carbocycles. The molecule has 1 amide bonds. The molecular formula is C11H21NO2. The highest BCUT2D eigenvalue weighted by Crippen LogP contribution is 2.22. The monoisotopic (exact) mass is 199 g/mol. The van der Waals surface area contributed by atoms with Gasteiger partial charge < -0.3 is 10.4 Å². The number of aliphatic hydroxyl groups is 1. The summed E-state index contributed by atoms with van der Waals surface area (Å²) in [6.45, 7) is 0. The third-order valence-electron chi connectivity index (χ3n) is 3.01. The van der Waals surface area contributed by atoms with Crippen molar-refractivity contribution in [2.75, 3.05) is 0 Å². The lowest BCUT2D eigenvalue weighted by atomic mass is 9.95. The molecule has 2 N–H and O–H groups in total. The van der Waals surface area contributed by atoms with Crippen LogP contribution in [-0.2, 0) is 4.79 Å². The Bertz CT molecular complexity index is 161. The first-order chi connectivity index (χ1) is 6.77. The molecule has 1 aliphatic rings. The first kappa shape index (κ1) is 11.5. The quantitative estimate of drug-likeness (QED) is 0.527. The van der Waals surface area contributed by atoms with Gasteiger partial charge in [0, 0.05) is 0 Å². The van der Waals surface area contributed by atoms with Crippen molar-refractivity contribution in [1.29, 1.82) is 0 Å². The Labute approximate surface area is 85.9 Å². The first-order valence-electron chi connectivity index (χ1n) is 5.71. The average Bonchev–Trinajstić information content (AvgIpc) is 2.16. The highest BCUT2D eigenvalue weighted by Gasteiger charge is 2.24. The van der Waals surface area contributed by atoms with E-state index < -0.39 is 5.72 Å². The number of rotatable bonds is 2. The Balaban J connectivity index is 2.40. The molecule has 0 atom stereocenters. The van der Waals surface area contributed by atoms with Crippen molar-refractivity contribution in [3.63, 3.8) is 0 Å². The molecule has 0 spiro atoms. The molecular weight excluding hydrogens is 178 g/mol. The van der Waals surface area contributed by atoms with Gasteiger partial charge in [0.2, 0.25) is 6.41 Å². The van der Waals surface area contributed by atoms with E-state index in [9.17, 15) is 9.90 Å². The molecule has 0 aromatic heterocycles. The highest BCUT2D eigenvalue weighted by atomic mass is 16.3. The van der Waals surface area contributed by atoms with Gasteiger partial charge in [0.1, 0.15) is 5.72 Å². The highest BCUT2D eigenvalue weighted by molar-refractivity contribution is 5.47. The number of nitrogens with one attached hydrogen (secondary N) is 1. The summed E-state index contributed by atoms with van der Waals surface area (Å²) in [6.07, 6.45) is 10.2. The van der Waals surface area contributed by atoms with Gasteiger partial charge in [-0.25, -0.2) is 0 Å². The second-order valence-electron chi connectivity index (χ2n) is 4.27. The SMILES string of the molecule is O=CNC1(O)CCCCCCCCC1. The molecule has 0 bridgehead atoms. The topological polar surface area (TPSA) is 49.3 Å². The van der Waals surface area contributed by atoms with Gasteiger partial charge in [-0.3, -0.25) is 4.79 Å². The van der Waals surface area contributed by atoms with E-state index in [0.29, 0.717) is 19.3 Å². The maximum Gasteiger partial charge on any atom is 0.209 e. The smallest absolute Gasteiger partial charge is 0.209 e. The molecule has 0 unspecified atom stereocenters. The molecule has 82 valence electrons. The van der Waals surface area contributed by atoms with Crippen molar-refractivity contribution in [2.24, 2.45) is 0 Å². The number of carbonyl (C=O) groups is 1. The molecule has 0 radical (unpaired) electrons. The van der Waals surface area contributed by atoms with Crippen molar-refractivity contribution < 1.29 is 9.90 Å². The second kappa shape index (κ2) is 6.02. The molecule has 1 rings (SSSR count). The molecule has 14 heavy (non-hydrogen) atoms. The van der Waals surface area contributed by atoms with Crippen molar-refractivity contribution in [2.45, 2.75) is 63.5 Å². The number of hydrogen-bond donors (Lipinski definition) is 2. The van der Waals surface area contributed by atoms with Gasteiger partial charge in [0.15, 0.2) is 0 Å². The fraction of sp³-hybridized carbons (Fsp3) is 0.909. The minimum absolute atomic E-state index is 0.617. The standard InChI is InChI=1S/C11H21NO2/c13-10-12-11(14)8-6-4-2-1-3-5-7-9-11/h10,14H,1-9H2,(H,12,13). The van der Waals surface area contributed by atoms with Crippen molar-refractivity contribution in [1.82, 2.24) is 5.32 Å². The van der Waals surface area contributed by atoms with Gasteiger partial charge in [-0.1, -0.05) is 32.1 Å². The molecule has 1 aliphatic carbocycles. The van der Waals surface area contributed by atoms with E-state index >= 15 is 0 Å². The van der Waals surface area contributed by atoms with Crippen LogP contribution in [0.3, 0.4) is 0 Å². The van der Waals surface area contributed by atoms with Crippen LogP contribution < -0.4 is 5.32 Å². The maximum atomic E-state index is 10.4. The van der Waals surface area contributed by atoms with E-state index in [-0.39, 0.29) is 0 Å². The van der Waals surface area contributed by atoms with Gasteiger partial charge in [-0.15, -0.1) is 0 Å². The molecule has 0 aliphatic heterocycles. The van der Waals surface area contributed by atoms with Crippen LogP contribution in [-0.4, -0.2) is 17.2 Å². The molecule has 1 saturated carbocycles. The third-order valence-corrected chi connectivity index (χ3v) is 3.01. The lowest BCUT2D eigenvalue weighted by Crippen LogP contribution is -2.44. The summed E-state index contributed by atoms with van der Waals surface area (Å²) in [5.41, 5.74) is -0.931. The summed E-state index contributed by atoms with van der Waals surface area (Å²) in [7, 11) is 0. The van der Waals surface area contributed by atoms with Crippen LogP contribution in [0, 0.1) is 0 Å². The second-order valence-corrected chi connectivity index (χ2v) is 4.27. The predicted molar refractivity (Wildman–Crippen MR) is 55.7 cm³/mol. The van der Waals surface area contributed by atoms with Crippen LogP contribution in [0.5, 0.6) is 0 Å². The minimum Gasteiger partial charge on any atom is -0.371 e. The maximum absolute atomic E-state index is 10.4. The average molecular weight is 199 g/mol. The van der Waals surface area contributed by atoms with Crippen LogP contribution in [0.2, 0.25) is 0 Å². The Hall–Kier alpha value is -0.570. The molecule has 3 nitrogen and oxygen atoms in total. The number of hydrogen-bond acceptors (Lipinski definition) is 2. The molecule has 1 fully saturated rings. The number of carbonyl (C=O) groups excluding carboxylic acids is 1. The van der Waals surface area contributed by atoms with E-state index in [0.717, 1.165) is 12.8 Å². The van der Waals surface area contributed by atoms with Gasteiger partial charge in [0.05, 0.1) is 0 Å². The summed E-state index contributed by atoms with van der Waals surface area (Å²) < 4.78 is 0. The lowest BCUT2D eigenvalue weighted by molar-refractivity contribution is -0.117. The fourth-order valence-electron chi connectivity index (χ4n) is 2.10. The zero-order valence-electron chi connectivity index (χ0n) is 8.80. The zero-order valence-corrected chi connectivity index (χ0v) is 8.80. The molecule has 0 saturated heterocycles. The molecule has 0 aromatic rings. The Kier molecular flexibility index (Phi) is 4.94. The van der Waals surface area contributed by atoms with Crippen molar-refractivity contribution in [3.05, 3.63) is 0 Å². The minimum atomic E-state index is -0.931. The number of amides is 1. The Morgan fingerprint density at radius 2 is 1.36 bits per heavy atom. The lowest BCUT2D eigenvalue weighted by Gasteiger charge is -2.28. The fourth-order valence-corrected chi connectivity index (χ4v) is 2.10. The van der Waals surface area contributed by atoms with Crippen LogP contribution in [0.15, 0.2) is 0 Å². The van der Waals surface area contributed by atoms with Gasteiger partial charge in [-0.05, 0) is 25.7 Å². The van der Waals surface area contributed by atoms with Crippen LogP contribution in [0.4, 0.5) is 0 Å². The van der Waals surface area contributed by atoms with E-state index in [1.807, 2.05) is 0 Å². The van der Waals surface area contributed by atoms with Crippen LogP contribution in [0.25, 0.3) is 0 Å². The van der Waals surface area contributed by atoms with Gasteiger partial charge in [0.25, 0.3) is 0 Å². The van der Waals surface area contributed by atoms with E-state index in [1.54, 1.807) is 0 Å². The van der Waals surface area contributed by atoms with Gasteiger partial charge >= 0.3 is 0 Å². The van der Waals surface area contributed by atoms with Crippen LogP contribution >= 0.6 is 0 Å². The largest absolute Gasteiger partial charge is 0.371 e. The summed E-state index contributed by atoms with van der Waals surface area (Å²) in [4.78, 5) is 10.4. The van der Waals surface area contributed by atoms with E-state index in [4.69, 9.17) is 0 Å². The van der Waals surface area contributed by atoms with Crippen LogP contribution in [0.1, 0.15) is 57.8 Å².